The first kappa shape index (κ1) is 10.4. The van der Waals surface area contributed by atoms with E-state index in [1.807, 2.05) is 25.1 Å². The van der Waals surface area contributed by atoms with Gasteiger partial charge in [0.05, 0.1) is 0 Å². The highest BCUT2D eigenvalue weighted by Crippen LogP contribution is 2.17. The molecule has 0 N–H and O–H groups in total. The number of aryl methyl sites for hydroxylation is 3. The van der Waals surface area contributed by atoms with Crippen LogP contribution in [0.5, 0.6) is 0 Å². The van der Waals surface area contributed by atoms with Gasteiger partial charge in [0, 0.05) is 10.9 Å². The molecule has 0 saturated carbocycles. The molecule has 0 aliphatic rings. The molecule has 4 heteroatoms. The first-order chi connectivity index (χ1) is 7.25. The SMILES string of the molecule is Cc1noc(CCc2ccccc2Br)n1. The molecule has 0 amide bonds. The second-order valence-corrected chi connectivity index (χ2v) is 4.18. The molecule has 78 valence electrons. The van der Waals surface area contributed by atoms with E-state index >= 15 is 0 Å². The molecular formula is C11H11BrN2O. The highest BCUT2D eigenvalue weighted by molar-refractivity contribution is 9.10. The van der Waals surface area contributed by atoms with Gasteiger partial charge in [-0.3, -0.25) is 0 Å². The van der Waals surface area contributed by atoms with E-state index in [0.717, 1.165) is 17.3 Å². The van der Waals surface area contributed by atoms with Crippen LogP contribution in [0.2, 0.25) is 0 Å². The highest BCUT2D eigenvalue weighted by Gasteiger charge is 2.04. The smallest absolute Gasteiger partial charge is 0.226 e. The maximum Gasteiger partial charge on any atom is 0.226 e. The van der Waals surface area contributed by atoms with E-state index in [1.165, 1.54) is 5.56 Å². The first-order valence-electron chi connectivity index (χ1n) is 4.78. The summed E-state index contributed by atoms with van der Waals surface area (Å²) >= 11 is 3.51. The maximum atomic E-state index is 5.05. The molecule has 3 nitrogen and oxygen atoms in total. The molecule has 0 aliphatic heterocycles. The Morgan fingerprint density at radius 2 is 2.07 bits per heavy atom. The average Bonchev–Trinajstić information content (AvgIpc) is 2.63. The molecule has 0 unspecified atom stereocenters. The summed E-state index contributed by atoms with van der Waals surface area (Å²) in [4.78, 5) is 4.16. The lowest BCUT2D eigenvalue weighted by Crippen LogP contribution is -1.92. The Balaban J connectivity index is 2.02. The number of hydrogen-bond acceptors (Lipinski definition) is 3. The van der Waals surface area contributed by atoms with E-state index in [-0.39, 0.29) is 0 Å². The second kappa shape index (κ2) is 4.57. The number of hydrogen-bond donors (Lipinski definition) is 0. The van der Waals surface area contributed by atoms with Crippen molar-refractivity contribution in [3.8, 4) is 0 Å². The van der Waals surface area contributed by atoms with Crippen molar-refractivity contribution >= 4 is 15.9 Å². The van der Waals surface area contributed by atoms with Crippen molar-refractivity contribution in [2.45, 2.75) is 19.8 Å². The zero-order valence-corrected chi connectivity index (χ0v) is 9.99. The van der Waals surface area contributed by atoms with Crippen molar-refractivity contribution in [1.82, 2.24) is 10.1 Å². The monoisotopic (exact) mass is 266 g/mol. The minimum absolute atomic E-state index is 0.692. The number of halogens is 1. The normalized spacial score (nSPS) is 10.5. The van der Waals surface area contributed by atoms with Gasteiger partial charge in [-0.25, -0.2) is 0 Å². The Labute approximate surface area is 96.6 Å². The van der Waals surface area contributed by atoms with Gasteiger partial charge >= 0.3 is 0 Å². The van der Waals surface area contributed by atoms with Crippen LogP contribution < -0.4 is 0 Å². The summed E-state index contributed by atoms with van der Waals surface area (Å²) in [5.41, 5.74) is 1.26. The van der Waals surface area contributed by atoms with E-state index in [0.29, 0.717) is 11.7 Å². The van der Waals surface area contributed by atoms with Crippen molar-refractivity contribution in [2.75, 3.05) is 0 Å². The molecule has 0 bridgehead atoms. The predicted molar refractivity (Wildman–Crippen MR) is 60.6 cm³/mol. The molecule has 1 aromatic heterocycles. The fraction of sp³-hybridized carbons (Fsp3) is 0.273. The van der Waals surface area contributed by atoms with Gasteiger partial charge in [-0.05, 0) is 25.0 Å². The number of aromatic nitrogens is 2. The minimum Gasteiger partial charge on any atom is -0.339 e. The number of rotatable bonds is 3. The number of benzene rings is 1. The van der Waals surface area contributed by atoms with Crippen molar-refractivity contribution < 1.29 is 4.52 Å². The van der Waals surface area contributed by atoms with Crippen LogP contribution in [-0.4, -0.2) is 10.1 Å². The lowest BCUT2D eigenvalue weighted by atomic mass is 10.1. The molecule has 1 heterocycles. The highest BCUT2D eigenvalue weighted by atomic mass is 79.9. The molecule has 0 radical (unpaired) electrons. The largest absolute Gasteiger partial charge is 0.339 e. The Kier molecular flexibility index (Phi) is 3.16. The molecule has 0 fully saturated rings. The summed E-state index contributed by atoms with van der Waals surface area (Å²) in [5.74, 6) is 1.39. The summed E-state index contributed by atoms with van der Waals surface area (Å²) in [5, 5.41) is 3.75. The molecule has 0 aliphatic carbocycles. The molecule has 0 saturated heterocycles. The molecule has 15 heavy (non-hydrogen) atoms. The van der Waals surface area contributed by atoms with Crippen LogP contribution in [0.1, 0.15) is 17.3 Å². The van der Waals surface area contributed by atoms with E-state index in [9.17, 15) is 0 Å². The second-order valence-electron chi connectivity index (χ2n) is 3.33. The molecule has 0 atom stereocenters. The Morgan fingerprint density at radius 1 is 1.27 bits per heavy atom. The summed E-state index contributed by atoms with van der Waals surface area (Å²) in [6.07, 6.45) is 1.69. The van der Waals surface area contributed by atoms with Gasteiger partial charge in [0.2, 0.25) is 5.89 Å². The zero-order valence-electron chi connectivity index (χ0n) is 8.40. The van der Waals surface area contributed by atoms with Gasteiger partial charge in [0.1, 0.15) is 0 Å². The minimum atomic E-state index is 0.692. The van der Waals surface area contributed by atoms with Crippen molar-refractivity contribution in [3.63, 3.8) is 0 Å². The van der Waals surface area contributed by atoms with Crippen LogP contribution in [0.25, 0.3) is 0 Å². The molecule has 0 spiro atoms. The standard InChI is InChI=1S/C11H11BrN2O/c1-8-13-11(15-14-8)7-6-9-4-2-3-5-10(9)12/h2-5H,6-7H2,1H3. The van der Waals surface area contributed by atoms with Crippen LogP contribution in [-0.2, 0) is 12.8 Å². The zero-order chi connectivity index (χ0) is 10.7. The lowest BCUT2D eigenvalue weighted by molar-refractivity contribution is 0.374. The third-order valence-corrected chi connectivity index (χ3v) is 2.91. The summed E-state index contributed by atoms with van der Waals surface area (Å²) in [6, 6.07) is 8.16. The Bertz CT molecular complexity index is 453. The fourth-order valence-electron chi connectivity index (χ4n) is 1.38. The van der Waals surface area contributed by atoms with Crippen LogP contribution in [0.15, 0.2) is 33.3 Å². The van der Waals surface area contributed by atoms with Gasteiger partial charge in [0.25, 0.3) is 0 Å². The van der Waals surface area contributed by atoms with Crippen LogP contribution >= 0.6 is 15.9 Å². The van der Waals surface area contributed by atoms with E-state index in [2.05, 4.69) is 32.1 Å². The van der Waals surface area contributed by atoms with Crippen molar-refractivity contribution in [2.24, 2.45) is 0 Å². The van der Waals surface area contributed by atoms with Crippen LogP contribution in [0.3, 0.4) is 0 Å². The first-order valence-corrected chi connectivity index (χ1v) is 5.57. The molecule has 2 rings (SSSR count). The molecule has 2 aromatic rings. The molecular weight excluding hydrogens is 256 g/mol. The topological polar surface area (TPSA) is 38.9 Å². The number of nitrogens with zero attached hydrogens (tertiary/aromatic N) is 2. The van der Waals surface area contributed by atoms with Gasteiger partial charge in [-0.2, -0.15) is 4.98 Å². The Morgan fingerprint density at radius 3 is 2.73 bits per heavy atom. The van der Waals surface area contributed by atoms with Gasteiger partial charge in [0.15, 0.2) is 5.82 Å². The van der Waals surface area contributed by atoms with Crippen molar-refractivity contribution in [1.29, 1.82) is 0 Å². The molecule has 1 aromatic carbocycles. The third-order valence-electron chi connectivity index (χ3n) is 2.14. The lowest BCUT2D eigenvalue weighted by Gasteiger charge is -2.00. The van der Waals surface area contributed by atoms with Gasteiger partial charge in [-0.1, -0.05) is 39.3 Å². The quantitative estimate of drug-likeness (QED) is 0.858. The summed E-state index contributed by atoms with van der Waals surface area (Å²) in [6.45, 7) is 1.82. The summed E-state index contributed by atoms with van der Waals surface area (Å²) in [7, 11) is 0. The van der Waals surface area contributed by atoms with Crippen LogP contribution in [0, 0.1) is 6.92 Å². The van der Waals surface area contributed by atoms with Crippen LogP contribution in [0.4, 0.5) is 0 Å². The Hall–Kier alpha value is -1.16. The third kappa shape index (κ3) is 2.65. The van der Waals surface area contributed by atoms with Gasteiger partial charge < -0.3 is 4.52 Å². The van der Waals surface area contributed by atoms with Gasteiger partial charge in [-0.15, -0.1) is 0 Å². The van der Waals surface area contributed by atoms with E-state index in [1.54, 1.807) is 0 Å². The maximum absolute atomic E-state index is 5.05. The summed E-state index contributed by atoms with van der Waals surface area (Å²) < 4.78 is 6.18. The van der Waals surface area contributed by atoms with Crippen molar-refractivity contribution in [3.05, 3.63) is 46.0 Å². The van der Waals surface area contributed by atoms with E-state index in [4.69, 9.17) is 4.52 Å². The average molecular weight is 267 g/mol. The predicted octanol–water partition coefficient (Wildman–Crippen LogP) is 2.93. The fourth-order valence-corrected chi connectivity index (χ4v) is 1.87. The van der Waals surface area contributed by atoms with E-state index < -0.39 is 0 Å².